The zero-order valence-electron chi connectivity index (χ0n) is 11.2. The van der Waals surface area contributed by atoms with Gasteiger partial charge in [0.1, 0.15) is 5.58 Å². The Balaban J connectivity index is 1.71. The molecule has 1 heterocycles. The first-order valence-electron chi connectivity index (χ1n) is 6.40. The van der Waals surface area contributed by atoms with E-state index in [-0.39, 0.29) is 5.76 Å². The molecule has 110 valence electrons. The number of furan rings is 1. The lowest BCUT2D eigenvalue weighted by Gasteiger charge is -1.95. The molecule has 22 heavy (non-hydrogen) atoms. The van der Waals surface area contributed by atoms with Gasteiger partial charge in [-0.15, -0.1) is 0 Å². The van der Waals surface area contributed by atoms with E-state index in [1.165, 1.54) is 6.21 Å². The summed E-state index contributed by atoms with van der Waals surface area (Å²) in [5, 5.41) is 5.39. The summed E-state index contributed by atoms with van der Waals surface area (Å²) in [5.41, 5.74) is 3.91. The molecule has 0 aliphatic carbocycles. The summed E-state index contributed by atoms with van der Waals surface area (Å²) >= 11 is 9.17. The summed E-state index contributed by atoms with van der Waals surface area (Å²) in [5.74, 6) is -0.195. The number of hydrogen-bond acceptors (Lipinski definition) is 3. The van der Waals surface area contributed by atoms with Gasteiger partial charge in [-0.1, -0.05) is 39.7 Å². The van der Waals surface area contributed by atoms with Gasteiger partial charge in [-0.3, -0.25) is 4.79 Å². The maximum absolute atomic E-state index is 12.0. The van der Waals surface area contributed by atoms with Gasteiger partial charge in [0.25, 0.3) is 0 Å². The van der Waals surface area contributed by atoms with E-state index in [1.54, 1.807) is 36.4 Å². The van der Waals surface area contributed by atoms with Crippen LogP contribution in [0.25, 0.3) is 11.0 Å². The van der Waals surface area contributed by atoms with Crippen molar-refractivity contribution in [1.29, 1.82) is 0 Å². The van der Waals surface area contributed by atoms with Gasteiger partial charge in [-0.2, -0.15) is 5.10 Å². The lowest BCUT2D eigenvalue weighted by molar-refractivity contribution is 0.0929. The van der Waals surface area contributed by atoms with Gasteiger partial charge in [-0.05, 0) is 42.0 Å². The Hall–Kier alpha value is -2.11. The van der Waals surface area contributed by atoms with Crippen LogP contribution in [-0.4, -0.2) is 12.1 Å². The lowest BCUT2D eigenvalue weighted by Crippen LogP contribution is -2.16. The topological polar surface area (TPSA) is 54.6 Å². The lowest BCUT2D eigenvalue weighted by atomic mass is 10.2. The molecule has 0 unspecified atom stereocenters. The van der Waals surface area contributed by atoms with Gasteiger partial charge in [0, 0.05) is 14.9 Å². The van der Waals surface area contributed by atoms with Crippen LogP contribution in [0.3, 0.4) is 0 Å². The number of halogens is 2. The van der Waals surface area contributed by atoms with Crippen molar-refractivity contribution in [3.05, 3.63) is 69.3 Å². The molecule has 3 rings (SSSR count). The van der Waals surface area contributed by atoms with Crippen LogP contribution in [0.15, 0.2) is 62.5 Å². The molecule has 0 fully saturated rings. The number of hydrazone groups is 1. The molecule has 0 atom stereocenters. The van der Waals surface area contributed by atoms with Crippen molar-refractivity contribution in [2.75, 3.05) is 0 Å². The number of hydrogen-bond donors (Lipinski definition) is 1. The van der Waals surface area contributed by atoms with Crippen molar-refractivity contribution in [2.24, 2.45) is 5.10 Å². The maximum atomic E-state index is 12.0. The van der Waals surface area contributed by atoms with Crippen molar-refractivity contribution >= 4 is 50.6 Å². The molecule has 0 aliphatic rings. The summed E-state index contributed by atoms with van der Waals surface area (Å²) in [6.45, 7) is 0. The number of rotatable bonds is 3. The van der Waals surface area contributed by atoms with Crippen LogP contribution >= 0.6 is 27.5 Å². The molecule has 0 radical (unpaired) electrons. The van der Waals surface area contributed by atoms with Crippen LogP contribution in [-0.2, 0) is 0 Å². The van der Waals surface area contributed by atoms with E-state index in [2.05, 4.69) is 26.5 Å². The molecule has 4 nitrogen and oxygen atoms in total. The molecule has 0 aliphatic heterocycles. The molecule has 0 spiro atoms. The molecular formula is C16H10BrClN2O2. The van der Waals surface area contributed by atoms with E-state index in [4.69, 9.17) is 16.0 Å². The van der Waals surface area contributed by atoms with Crippen molar-refractivity contribution in [3.63, 3.8) is 0 Å². The number of nitrogens with one attached hydrogen (secondary N) is 1. The monoisotopic (exact) mass is 376 g/mol. The fourth-order valence-electron chi connectivity index (χ4n) is 1.90. The van der Waals surface area contributed by atoms with E-state index >= 15 is 0 Å². The normalized spacial score (nSPS) is 11.2. The zero-order chi connectivity index (χ0) is 15.5. The Morgan fingerprint density at radius 1 is 1.18 bits per heavy atom. The summed E-state index contributed by atoms with van der Waals surface area (Å²) < 4.78 is 6.40. The zero-order valence-corrected chi connectivity index (χ0v) is 13.6. The van der Waals surface area contributed by atoms with E-state index < -0.39 is 5.91 Å². The largest absolute Gasteiger partial charge is 0.451 e. The second-order valence-electron chi connectivity index (χ2n) is 4.54. The number of amides is 1. The second kappa shape index (κ2) is 6.34. The number of carbonyl (C=O) groups excluding carboxylic acids is 1. The van der Waals surface area contributed by atoms with Crippen LogP contribution in [0.4, 0.5) is 0 Å². The van der Waals surface area contributed by atoms with Crippen molar-refractivity contribution in [1.82, 2.24) is 5.43 Å². The highest BCUT2D eigenvalue weighted by Gasteiger charge is 2.11. The maximum Gasteiger partial charge on any atom is 0.307 e. The predicted octanol–water partition coefficient (Wildman–Crippen LogP) is 4.61. The second-order valence-corrected chi connectivity index (χ2v) is 5.90. The van der Waals surface area contributed by atoms with Gasteiger partial charge in [0.05, 0.1) is 6.21 Å². The van der Waals surface area contributed by atoms with Gasteiger partial charge in [0.15, 0.2) is 5.76 Å². The van der Waals surface area contributed by atoms with Crippen LogP contribution < -0.4 is 5.43 Å². The summed E-state index contributed by atoms with van der Waals surface area (Å²) in [4.78, 5) is 12.0. The predicted molar refractivity (Wildman–Crippen MR) is 90.4 cm³/mol. The van der Waals surface area contributed by atoms with E-state index in [9.17, 15) is 4.79 Å². The molecule has 3 aromatic rings. The Kier molecular flexibility index (Phi) is 4.27. The SMILES string of the molecule is O=C(N/N=C/c1ccc(Cl)cc1)c1cc2cc(Br)ccc2o1. The van der Waals surface area contributed by atoms with Crippen molar-refractivity contribution < 1.29 is 9.21 Å². The highest BCUT2D eigenvalue weighted by atomic mass is 79.9. The molecule has 2 aromatic carbocycles. The third kappa shape index (κ3) is 3.37. The standard InChI is InChI=1S/C16H10BrClN2O2/c17-12-3-6-14-11(7-12)8-15(22-14)16(21)20-19-9-10-1-4-13(18)5-2-10/h1-9H,(H,20,21)/b19-9+. The first-order chi connectivity index (χ1) is 10.6. The number of benzene rings is 2. The van der Waals surface area contributed by atoms with E-state index in [0.29, 0.717) is 10.6 Å². The molecule has 1 N–H and O–H groups in total. The Labute approximate surface area is 139 Å². The molecule has 6 heteroatoms. The molecule has 0 saturated heterocycles. The molecular weight excluding hydrogens is 368 g/mol. The minimum atomic E-state index is -0.405. The van der Waals surface area contributed by atoms with Gasteiger partial charge >= 0.3 is 5.91 Å². The van der Waals surface area contributed by atoms with Crippen LogP contribution in [0.5, 0.6) is 0 Å². The molecule has 0 saturated carbocycles. The number of nitrogens with zero attached hydrogens (tertiary/aromatic N) is 1. The number of fused-ring (bicyclic) bond motifs is 1. The molecule has 0 bridgehead atoms. The summed E-state index contributed by atoms with van der Waals surface area (Å²) in [7, 11) is 0. The van der Waals surface area contributed by atoms with Gasteiger partial charge in [-0.25, -0.2) is 5.43 Å². The quantitative estimate of drug-likeness (QED) is 0.535. The van der Waals surface area contributed by atoms with Crippen LogP contribution in [0.2, 0.25) is 5.02 Å². The highest BCUT2D eigenvalue weighted by Crippen LogP contribution is 2.23. The minimum Gasteiger partial charge on any atom is -0.451 e. The Morgan fingerprint density at radius 2 is 1.95 bits per heavy atom. The van der Waals surface area contributed by atoms with Crippen LogP contribution in [0.1, 0.15) is 16.1 Å². The molecule has 1 aromatic heterocycles. The minimum absolute atomic E-state index is 0.210. The first kappa shape index (κ1) is 14.8. The Morgan fingerprint density at radius 3 is 2.73 bits per heavy atom. The van der Waals surface area contributed by atoms with Gasteiger partial charge < -0.3 is 4.42 Å². The van der Waals surface area contributed by atoms with E-state index in [1.807, 2.05) is 12.1 Å². The fourth-order valence-corrected chi connectivity index (χ4v) is 2.40. The fraction of sp³-hybridized carbons (Fsp3) is 0. The average Bonchev–Trinajstić information content (AvgIpc) is 2.92. The third-order valence-electron chi connectivity index (χ3n) is 2.95. The first-order valence-corrected chi connectivity index (χ1v) is 7.57. The van der Waals surface area contributed by atoms with Crippen molar-refractivity contribution in [2.45, 2.75) is 0 Å². The van der Waals surface area contributed by atoms with E-state index in [0.717, 1.165) is 15.4 Å². The summed E-state index contributed by atoms with van der Waals surface area (Å²) in [6.07, 6.45) is 1.54. The van der Waals surface area contributed by atoms with Gasteiger partial charge in [0.2, 0.25) is 0 Å². The molecule has 1 amide bonds. The van der Waals surface area contributed by atoms with Crippen molar-refractivity contribution in [3.8, 4) is 0 Å². The third-order valence-corrected chi connectivity index (χ3v) is 3.70. The highest BCUT2D eigenvalue weighted by molar-refractivity contribution is 9.10. The summed E-state index contributed by atoms with van der Waals surface area (Å²) in [6, 6.07) is 14.3. The Bertz CT molecular complexity index is 856. The van der Waals surface area contributed by atoms with Crippen LogP contribution in [0, 0.1) is 0 Å². The number of carbonyl (C=O) groups is 1. The average molecular weight is 378 g/mol. The smallest absolute Gasteiger partial charge is 0.307 e.